The second-order valence-electron chi connectivity index (χ2n) is 3.34. The molecule has 1 aliphatic heterocycles. The molecular formula is C9H10BrClN2O3. The zero-order valence-corrected chi connectivity index (χ0v) is 10.6. The highest BCUT2D eigenvalue weighted by molar-refractivity contribution is 9.10. The first-order chi connectivity index (χ1) is 7.09. The molecule has 1 aliphatic rings. The van der Waals surface area contributed by atoms with Gasteiger partial charge in [0.15, 0.2) is 0 Å². The highest BCUT2D eigenvalue weighted by Crippen LogP contribution is 2.40. The Bertz CT molecular complexity index is 427. The third-order valence-corrected chi connectivity index (χ3v) is 2.79. The molecule has 0 fully saturated rings. The van der Waals surface area contributed by atoms with Gasteiger partial charge >= 0.3 is 5.69 Å². The van der Waals surface area contributed by atoms with Gasteiger partial charge in [-0.2, -0.15) is 0 Å². The van der Waals surface area contributed by atoms with Crippen molar-refractivity contribution >= 4 is 34.0 Å². The fourth-order valence-electron chi connectivity index (χ4n) is 1.61. The van der Waals surface area contributed by atoms with Gasteiger partial charge in [0, 0.05) is 28.6 Å². The summed E-state index contributed by atoms with van der Waals surface area (Å²) in [5.41, 5.74) is 6.52. The van der Waals surface area contributed by atoms with Crippen LogP contribution in [0, 0.1) is 10.1 Å². The normalized spacial score (nSPS) is 18.0. The predicted octanol–water partition coefficient (Wildman–Crippen LogP) is 2.56. The van der Waals surface area contributed by atoms with Crippen LogP contribution >= 0.6 is 28.3 Å². The lowest BCUT2D eigenvalue weighted by atomic mass is 10.0. The van der Waals surface area contributed by atoms with Crippen LogP contribution in [0.5, 0.6) is 5.75 Å². The molecule has 7 heteroatoms. The molecule has 1 aromatic carbocycles. The molecule has 16 heavy (non-hydrogen) atoms. The summed E-state index contributed by atoms with van der Waals surface area (Å²) in [4.78, 5) is 10.3. The van der Waals surface area contributed by atoms with Crippen LogP contribution in [-0.4, -0.2) is 11.5 Å². The first kappa shape index (κ1) is 13.2. The maximum absolute atomic E-state index is 10.8. The van der Waals surface area contributed by atoms with E-state index in [1.807, 2.05) is 0 Å². The first-order valence-corrected chi connectivity index (χ1v) is 5.25. The number of nitro benzene ring substituents is 1. The van der Waals surface area contributed by atoms with E-state index in [2.05, 4.69) is 15.9 Å². The van der Waals surface area contributed by atoms with Gasteiger partial charge in [-0.3, -0.25) is 10.1 Å². The minimum absolute atomic E-state index is 0. The lowest BCUT2D eigenvalue weighted by Crippen LogP contribution is -2.21. The summed E-state index contributed by atoms with van der Waals surface area (Å²) in [6.45, 7) is 0.427. The van der Waals surface area contributed by atoms with Gasteiger partial charge in [0.1, 0.15) is 0 Å². The second kappa shape index (κ2) is 4.99. The maximum atomic E-state index is 10.8. The van der Waals surface area contributed by atoms with E-state index in [0.717, 1.165) is 0 Å². The number of fused-ring (bicyclic) bond motifs is 1. The van der Waals surface area contributed by atoms with Crippen molar-refractivity contribution in [1.82, 2.24) is 0 Å². The molecule has 1 aromatic rings. The number of halogens is 2. The molecule has 1 heterocycles. The molecule has 0 amide bonds. The lowest BCUT2D eigenvalue weighted by molar-refractivity contribution is -0.386. The molecule has 2 N–H and O–H groups in total. The average molecular weight is 310 g/mol. The van der Waals surface area contributed by atoms with Crippen LogP contribution in [0.25, 0.3) is 0 Å². The van der Waals surface area contributed by atoms with E-state index in [1.54, 1.807) is 6.07 Å². The summed E-state index contributed by atoms with van der Waals surface area (Å²) in [7, 11) is 0. The summed E-state index contributed by atoms with van der Waals surface area (Å²) in [6.07, 6.45) is 0.681. The summed E-state index contributed by atoms with van der Waals surface area (Å²) >= 11 is 3.22. The van der Waals surface area contributed by atoms with E-state index >= 15 is 0 Å². The molecule has 0 bridgehead atoms. The Labute approximate surface area is 107 Å². The summed E-state index contributed by atoms with van der Waals surface area (Å²) in [6, 6.07) is 3.01. The molecule has 0 saturated carbocycles. The quantitative estimate of drug-likeness (QED) is 0.639. The third kappa shape index (κ3) is 2.28. The maximum Gasteiger partial charge on any atom is 0.312 e. The van der Waals surface area contributed by atoms with Gasteiger partial charge in [0.25, 0.3) is 0 Å². The largest absolute Gasteiger partial charge is 0.487 e. The van der Waals surface area contributed by atoms with Crippen molar-refractivity contribution in [3.63, 3.8) is 0 Å². The van der Waals surface area contributed by atoms with E-state index < -0.39 is 4.92 Å². The third-order valence-electron chi connectivity index (χ3n) is 2.33. The zero-order chi connectivity index (χ0) is 11.0. The monoisotopic (exact) mass is 308 g/mol. The number of rotatable bonds is 1. The van der Waals surface area contributed by atoms with Crippen LogP contribution in [-0.2, 0) is 0 Å². The SMILES string of the molecule is Cl.N[C@@H]1CCOc2c1cc(Br)cc2[N+](=O)[O-]. The van der Waals surface area contributed by atoms with Crippen LogP contribution < -0.4 is 10.5 Å². The summed E-state index contributed by atoms with van der Waals surface area (Å²) < 4.78 is 5.95. The van der Waals surface area contributed by atoms with E-state index in [1.165, 1.54) is 6.07 Å². The Morgan fingerprint density at radius 3 is 2.88 bits per heavy atom. The van der Waals surface area contributed by atoms with Crippen molar-refractivity contribution in [2.45, 2.75) is 12.5 Å². The highest BCUT2D eigenvalue weighted by atomic mass is 79.9. The fourth-order valence-corrected chi connectivity index (χ4v) is 2.08. The number of nitro groups is 1. The molecule has 0 radical (unpaired) electrons. The van der Waals surface area contributed by atoms with Crippen LogP contribution in [0.4, 0.5) is 5.69 Å². The molecule has 1 atom stereocenters. The molecule has 0 aliphatic carbocycles. The standard InChI is InChI=1S/C9H9BrN2O3.ClH/c10-5-3-6-7(11)1-2-15-9(6)8(4-5)12(13)14;/h3-4,7H,1-2,11H2;1H/t7-;/m1./s1. The minimum Gasteiger partial charge on any atom is -0.487 e. The van der Waals surface area contributed by atoms with Gasteiger partial charge in [0.05, 0.1) is 11.5 Å². The van der Waals surface area contributed by atoms with Crippen molar-refractivity contribution in [3.8, 4) is 5.75 Å². The van der Waals surface area contributed by atoms with Crippen molar-refractivity contribution in [2.75, 3.05) is 6.61 Å². The number of ether oxygens (including phenoxy) is 1. The predicted molar refractivity (Wildman–Crippen MR) is 65.1 cm³/mol. The van der Waals surface area contributed by atoms with E-state index in [4.69, 9.17) is 10.5 Å². The Kier molecular flexibility index (Phi) is 4.12. The average Bonchev–Trinajstić information content (AvgIpc) is 2.18. The van der Waals surface area contributed by atoms with Crippen molar-refractivity contribution in [1.29, 1.82) is 0 Å². The Morgan fingerprint density at radius 1 is 1.56 bits per heavy atom. The smallest absolute Gasteiger partial charge is 0.312 e. The van der Waals surface area contributed by atoms with Gasteiger partial charge in [-0.25, -0.2) is 0 Å². The lowest BCUT2D eigenvalue weighted by Gasteiger charge is -2.22. The second-order valence-corrected chi connectivity index (χ2v) is 4.26. The molecule has 5 nitrogen and oxygen atoms in total. The number of hydrogen-bond donors (Lipinski definition) is 1. The van der Waals surface area contributed by atoms with Crippen LogP contribution in [0.15, 0.2) is 16.6 Å². The number of nitrogens with two attached hydrogens (primary N) is 1. The molecule has 0 unspecified atom stereocenters. The van der Waals surface area contributed by atoms with Crippen LogP contribution in [0.3, 0.4) is 0 Å². The molecule has 2 rings (SSSR count). The minimum atomic E-state index is -0.457. The zero-order valence-electron chi connectivity index (χ0n) is 8.18. The number of hydrogen-bond acceptors (Lipinski definition) is 4. The van der Waals surface area contributed by atoms with Crippen LogP contribution in [0.2, 0.25) is 0 Å². The molecule has 0 saturated heterocycles. The van der Waals surface area contributed by atoms with E-state index in [9.17, 15) is 10.1 Å². The van der Waals surface area contributed by atoms with E-state index in [-0.39, 0.29) is 24.1 Å². The van der Waals surface area contributed by atoms with Crippen molar-refractivity contribution < 1.29 is 9.66 Å². The van der Waals surface area contributed by atoms with Gasteiger partial charge in [0.2, 0.25) is 5.75 Å². The van der Waals surface area contributed by atoms with Crippen molar-refractivity contribution in [3.05, 3.63) is 32.3 Å². The summed E-state index contributed by atoms with van der Waals surface area (Å²) in [5, 5.41) is 10.8. The van der Waals surface area contributed by atoms with Gasteiger partial charge in [-0.1, -0.05) is 15.9 Å². The van der Waals surface area contributed by atoms with E-state index in [0.29, 0.717) is 28.8 Å². The molecule has 0 aromatic heterocycles. The van der Waals surface area contributed by atoms with Gasteiger partial charge in [-0.05, 0) is 6.07 Å². The Morgan fingerprint density at radius 2 is 2.25 bits per heavy atom. The number of nitrogens with zero attached hydrogens (tertiary/aromatic N) is 1. The first-order valence-electron chi connectivity index (χ1n) is 4.46. The Balaban J connectivity index is 0.00000128. The van der Waals surface area contributed by atoms with Crippen molar-refractivity contribution in [2.24, 2.45) is 5.73 Å². The van der Waals surface area contributed by atoms with Crippen LogP contribution in [0.1, 0.15) is 18.0 Å². The number of benzene rings is 1. The molecular weight excluding hydrogens is 299 g/mol. The topological polar surface area (TPSA) is 78.4 Å². The fraction of sp³-hybridized carbons (Fsp3) is 0.333. The highest BCUT2D eigenvalue weighted by Gasteiger charge is 2.27. The molecule has 88 valence electrons. The van der Waals surface area contributed by atoms with Gasteiger partial charge < -0.3 is 10.5 Å². The molecule has 0 spiro atoms. The Hall–Kier alpha value is -0.850. The van der Waals surface area contributed by atoms with Gasteiger partial charge in [-0.15, -0.1) is 12.4 Å². The summed E-state index contributed by atoms with van der Waals surface area (Å²) in [5.74, 6) is 0.307.